The third-order valence-corrected chi connectivity index (χ3v) is 3.72. The molecule has 2 nitrogen and oxygen atoms in total. The molecule has 4 heteroatoms. The van der Waals surface area contributed by atoms with Crippen molar-refractivity contribution >= 4 is 15.9 Å². The van der Waals surface area contributed by atoms with Gasteiger partial charge in [-0.15, -0.1) is 0 Å². The zero-order valence-corrected chi connectivity index (χ0v) is 11.7. The van der Waals surface area contributed by atoms with Crippen molar-refractivity contribution in [3.8, 4) is 11.3 Å². The minimum atomic E-state index is -0.196. The maximum absolute atomic E-state index is 13.5. The van der Waals surface area contributed by atoms with Gasteiger partial charge in [-0.3, -0.25) is 4.68 Å². The second-order valence-electron chi connectivity index (χ2n) is 4.05. The molecule has 1 aromatic heterocycles. The van der Waals surface area contributed by atoms with Crippen LogP contribution in [0.2, 0.25) is 0 Å². The summed E-state index contributed by atoms with van der Waals surface area (Å²) in [5.74, 6) is -0.196. The van der Waals surface area contributed by atoms with Crippen molar-refractivity contribution in [3.05, 3.63) is 39.7 Å². The molecule has 2 aromatic rings. The first kappa shape index (κ1) is 12.3. The molecule has 0 aliphatic carbocycles. The largest absolute Gasteiger partial charge is 0.271 e. The third-order valence-electron chi connectivity index (χ3n) is 2.88. The first-order valence-electron chi connectivity index (χ1n) is 5.52. The second kappa shape index (κ2) is 4.61. The molecular weight excluding hydrogens is 283 g/mol. The number of aryl methyl sites for hydroxylation is 2. The van der Waals surface area contributed by atoms with E-state index in [0.29, 0.717) is 5.56 Å². The maximum atomic E-state index is 13.5. The molecule has 1 heterocycles. The van der Waals surface area contributed by atoms with Crippen LogP contribution in [-0.4, -0.2) is 9.78 Å². The highest BCUT2D eigenvalue weighted by molar-refractivity contribution is 9.10. The summed E-state index contributed by atoms with van der Waals surface area (Å²) >= 11 is 3.54. The molecule has 0 aliphatic heterocycles. The molecule has 17 heavy (non-hydrogen) atoms. The number of aromatic nitrogens is 2. The van der Waals surface area contributed by atoms with Crippen molar-refractivity contribution in [1.82, 2.24) is 9.78 Å². The SMILES string of the molecule is CCc1c(Br)c(-c2ccc(C)c(F)c2)nn1C. The molecule has 0 amide bonds. The highest BCUT2D eigenvalue weighted by atomic mass is 79.9. The Labute approximate surface area is 109 Å². The molecule has 1 aromatic carbocycles. The van der Waals surface area contributed by atoms with Gasteiger partial charge >= 0.3 is 0 Å². The minimum absolute atomic E-state index is 0.196. The Morgan fingerprint density at radius 2 is 2.12 bits per heavy atom. The van der Waals surface area contributed by atoms with Gasteiger partial charge in [-0.1, -0.05) is 19.1 Å². The lowest BCUT2D eigenvalue weighted by Crippen LogP contribution is -1.96. The molecule has 0 fully saturated rings. The van der Waals surface area contributed by atoms with Crippen molar-refractivity contribution in [1.29, 1.82) is 0 Å². The molecular formula is C13H14BrFN2. The summed E-state index contributed by atoms with van der Waals surface area (Å²) in [5, 5.41) is 4.43. The molecule has 0 aliphatic rings. The van der Waals surface area contributed by atoms with E-state index in [4.69, 9.17) is 0 Å². The van der Waals surface area contributed by atoms with Gasteiger partial charge in [-0.05, 0) is 40.9 Å². The van der Waals surface area contributed by atoms with Gasteiger partial charge < -0.3 is 0 Å². The van der Waals surface area contributed by atoms with Crippen molar-refractivity contribution in [3.63, 3.8) is 0 Å². The van der Waals surface area contributed by atoms with Crippen molar-refractivity contribution in [2.75, 3.05) is 0 Å². The predicted octanol–water partition coefficient (Wildman–Crippen LogP) is 3.86. The quantitative estimate of drug-likeness (QED) is 0.823. The van der Waals surface area contributed by atoms with Crippen LogP contribution in [0.15, 0.2) is 22.7 Å². The second-order valence-corrected chi connectivity index (χ2v) is 4.84. The maximum Gasteiger partial charge on any atom is 0.126 e. The molecule has 0 N–H and O–H groups in total. The van der Waals surface area contributed by atoms with E-state index in [1.165, 1.54) is 6.07 Å². The van der Waals surface area contributed by atoms with Crippen LogP contribution in [-0.2, 0) is 13.5 Å². The fraction of sp³-hybridized carbons (Fsp3) is 0.308. The number of nitrogens with zero attached hydrogens (tertiary/aromatic N) is 2. The molecule has 2 rings (SSSR count). The van der Waals surface area contributed by atoms with Crippen LogP contribution in [0.25, 0.3) is 11.3 Å². The van der Waals surface area contributed by atoms with E-state index in [-0.39, 0.29) is 5.82 Å². The Morgan fingerprint density at radius 3 is 2.65 bits per heavy atom. The molecule has 0 bridgehead atoms. The average molecular weight is 297 g/mol. The van der Waals surface area contributed by atoms with E-state index in [2.05, 4.69) is 28.0 Å². The Balaban J connectivity index is 2.57. The fourth-order valence-corrected chi connectivity index (χ4v) is 2.69. The van der Waals surface area contributed by atoms with Crippen LogP contribution in [0.4, 0.5) is 4.39 Å². The average Bonchev–Trinajstić information content (AvgIpc) is 2.58. The first-order chi connectivity index (χ1) is 8.04. The summed E-state index contributed by atoms with van der Waals surface area (Å²) in [5.41, 5.74) is 3.36. The van der Waals surface area contributed by atoms with Crippen molar-refractivity contribution in [2.45, 2.75) is 20.3 Å². The third kappa shape index (κ3) is 2.14. The monoisotopic (exact) mass is 296 g/mol. The van der Waals surface area contributed by atoms with Crippen LogP contribution in [0, 0.1) is 12.7 Å². The minimum Gasteiger partial charge on any atom is -0.271 e. The summed E-state index contributed by atoms with van der Waals surface area (Å²) in [4.78, 5) is 0. The van der Waals surface area contributed by atoms with E-state index < -0.39 is 0 Å². The Kier molecular flexibility index (Phi) is 3.33. The summed E-state index contributed by atoms with van der Waals surface area (Å²) in [6.07, 6.45) is 0.887. The van der Waals surface area contributed by atoms with Gasteiger partial charge in [0.15, 0.2) is 0 Å². The van der Waals surface area contributed by atoms with Gasteiger partial charge in [-0.25, -0.2) is 4.39 Å². The molecule has 0 spiro atoms. The van der Waals surface area contributed by atoms with Crippen molar-refractivity contribution in [2.24, 2.45) is 7.05 Å². The Bertz CT molecular complexity index is 561. The summed E-state index contributed by atoms with van der Waals surface area (Å²) in [6.45, 7) is 3.82. The predicted molar refractivity (Wildman–Crippen MR) is 70.4 cm³/mol. The number of halogens is 2. The van der Waals surface area contributed by atoms with Crippen LogP contribution in [0.5, 0.6) is 0 Å². The zero-order valence-electron chi connectivity index (χ0n) is 10.1. The normalized spacial score (nSPS) is 10.9. The van der Waals surface area contributed by atoms with Gasteiger partial charge in [0, 0.05) is 12.6 Å². The number of hydrogen-bond acceptors (Lipinski definition) is 1. The molecule has 0 saturated heterocycles. The van der Waals surface area contributed by atoms with Crippen LogP contribution >= 0.6 is 15.9 Å². The van der Waals surface area contributed by atoms with E-state index in [0.717, 1.165) is 27.8 Å². The fourth-order valence-electron chi connectivity index (χ4n) is 1.84. The molecule has 0 atom stereocenters. The first-order valence-corrected chi connectivity index (χ1v) is 6.31. The van der Waals surface area contributed by atoms with Crippen LogP contribution < -0.4 is 0 Å². The highest BCUT2D eigenvalue weighted by Crippen LogP contribution is 2.31. The summed E-state index contributed by atoms with van der Waals surface area (Å²) in [7, 11) is 1.90. The van der Waals surface area contributed by atoms with Gasteiger partial charge in [-0.2, -0.15) is 5.10 Å². The molecule has 0 unspecified atom stereocenters. The van der Waals surface area contributed by atoms with Gasteiger partial charge in [0.1, 0.15) is 11.5 Å². The molecule has 0 saturated carbocycles. The number of hydrogen-bond donors (Lipinski definition) is 0. The van der Waals surface area contributed by atoms with E-state index in [1.807, 2.05) is 17.8 Å². The Morgan fingerprint density at radius 1 is 1.41 bits per heavy atom. The van der Waals surface area contributed by atoms with Crippen LogP contribution in [0.3, 0.4) is 0 Å². The smallest absolute Gasteiger partial charge is 0.126 e. The highest BCUT2D eigenvalue weighted by Gasteiger charge is 2.14. The number of benzene rings is 1. The van der Waals surface area contributed by atoms with Gasteiger partial charge in [0.05, 0.1) is 10.2 Å². The van der Waals surface area contributed by atoms with Crippen LogP contribution in [0.1, 0.15) is 18.2 Å². The Hall–Kier alpha value is -1.16. The summed E-state index contributed by atoms with van der Waals surface area (Å²) in [6, 6.07) is 5.20. The topological polar surface area (TPSA) is 17.8 Å². The zero-order chi connectivity index (χ0) is 12.6. The van der Waals surface area contributed by atoms with E-state index in [1.54, 1.807) is 13.0 Å². The van der Waals surface area contributed by atoms with E-state index >= 15 is 0 Å². The summed E-state index contributed by atoms with van der Waals surface area (Å²) < 4.78 is 16.3. The van der Waals surface area contributed by atoms with Gasteiger partial charge in [0.25, 0.3) is 0 Å². The van der Waals surface area contributed by atoms with Crippen molar-refractivity contribution < 1.29 is 4.39 Å². The lowest BCUT2D eigenvalue weighted by atomic mass is 10.1. The van der Waals surface area contributed by atoms with E-state index in [9.17, 15) is 4.39 Å². The molecule has 0 radical (unpaired) electrons. The number of rotatable bonds is 2. The van der Waals surface area contributed by atoms with Gasteiger partial charge in [0.2, 0.25) is 0 Å². The molecule has 90 valence electrons. The lowest BCUT2D eigenvalue weighted by molar-refractivity contribution is 0.619. The standard InChI is InChI=1S/C13H14BrFN2/c1-4-11-12(14)13(16-17(11)3)9-6-5-8(2)10(15)7-9/h5-7H,4H2,1-3H3. The lowest BCUT2D eigenvalue weighted by Gasteiger charge is -2.00.